The number of hydrogen-bond donors (Lipinski definition) is 2. The largest absolute Gasteiger partial charge is 2.00 e. The first-order valence-electron chi connectivity index (χ1n) is 6.48. The summed E-state index contributed by atoms with van der Waals surface area (Å²) >= 11 is 0. The number of hydrogen-bond acceptors (Lipinski definition) is 6. The van der Waals surface area contributed by atoms with Crippen LogP contribution in [0.15, 0.2) is 24.3 Å². The quantitative estimate of drug-likeness (QED) is 0.547. The van der Waals surface area contributed by atoms with Crippen molar-refractivity contribution in [1.29, 1.82) is 0 Å². The molecule has 2 rings (SSSR count). The number of fused-ring (bicyclic) bond motifs is 1. The summed E-state index contributed by atoms with van der Waals surface area (Å²) in [5, 5.41) is 26.4. The normalized spacial score (nSPS) is 17.5. The fourth-order valence-corrected chi connectivity index (χ4v) is 2.27. The van der Waals surface area contributed by atoms with Gasteiger partial charge in [0, 0.05) is 18.9 Å². The average Bonchev–Trinajstić information content (AvgIpc) is 2.45. The van der Waals surface area contributed by atoms with Crippen molar-refractivity contribution in [3.05, 3.63) is 35.4 Å². The molecule has 1 radical (unpaired) electrons. The van der Waals surface area contributed by atoms with Gasteiger partial charge >= 0.3 is 17.1 Å². The summed E-state index contributed by atoms with van der Waals surface area (Å²) in [5.74, 6) is -3.78. The fourth-order valence-electron chi connectivity index (χ4n) is 2.27. The van der Waals surface area contributed by atoms with Crippen molar-refractivity contribution in [2.75, 3.05) is 0 Å². The molecule has 0 aromatic heterocycles. The minimum Gasteiger partial charge on any atom is -0.550 e. The molecule has 1 unspecified atom stereocenters. The van der Waals surface area contributed by atoms with E-state index in [9.17, 15) is 24.6 Å². The minimum atomic E-state index is -1.65. The average molecular weight is 354 g/mol. The molecule has 1 heterocycles. The summed E-state index contributed by atoms with van der Waals surface area (Å²) in [6.45, 7) is 0.491. The molecule has 0 bridgehead atoms. The Kier molecular flexibility index (Phi) is 6.55. The maximum Gasteiger partial charge on any atom is 2.00 e. The van der Waals surface area contributed by atoms with Gasteiger partial charge in [0.1, 0.15) is 0 Å². The molecule has 0 saturated carbocycles. The van der Waals surface area contributed by atoms with Crippen molar-refractivity contribution in [2.24, 2.45) is 0 Å². The third-order valence-corrected chi connectivity index (χ3v) is 3.37. The topological polar surface area (TPSA) is 121 Å². The van der Waals surface area contributed by atoms with E-state index in [1.165, 1.54) is 0 Å². The Labute approximate surface area is 137 Å². The summed E-state index contributed by atoms with van der Waals surface area (Å²) in [4.78, 5) is 33.3. The molecule has 8 heteroatoms. The molecule has 2 atom stereocenters. The third-order valence-electron chi connectivity index (χ3n) is 3.37. The van der Waals surface area contributed by atoms with Crippen LogP contribution in [0, 0.1) is 0 Å². The van der Waals surface area contributed by atoms with Crippen molar-refractivity contribution >= 4 is 17.8 Å². The van der Waals surface area contributed by atoms with Gasteiger partial charge in [-0.1, -0.05) is 24.3 Å². The Morgan fingerprint density at radius 2 is 1.86 bits per heavy atom. The third kappa shape index (κ3) is 4.56. The molecule has 0 aliphatic carbocycles. The number of benzene rings is 1. The fraction of sp³-hybridized carbons (Fsp3) is 0.357. The predicted octanol–water partition coefficient (Wildman–Crippen LogP) is -2.93. The van der Waals surface area contributed by atoms with Gasteiger partial charge in [-0.2, -0.15) is 0 Å². The van der Waals surface area contributed by atoms with Crippen LogP contribution in [0.4, 0.5) is 0 Å². The number of carbonyl (C=O) groups is 3. The molecule has 0 saturated heterocycles. The first-order chi connectivity index (χ1) is 9.97. The first-order valence-corrected chi connectivity index (χ1v) is 6.48. The Bertz CT molecular complexity index is 578. The molecular weight excluding hydrogens is 340 g/mol. The van der Waals surface area contributed by atoms with Gasteiger partial charge in [0.2, 0.25) is 5.91 Å². The maximum atomic E-state index is 12.0. The van der Waals surface area contributed by atoms with Crippen LogP contribution < -0.4 is 20.8 Å². The second-order valence-electron chi connectivity index (χ2n) is 4.86. The molecule has 1 aromatic carbocycles. The van der Waals surface area contributed by atoms with E-state index in [4.69, 9.17) is 0 Å². The van der Waals surface area contributed by atoms with Crippen molar-refractivity contribution < 1.29 is 41.7 Å². The molecule has 1 amide bonds. The zero-order valence-electron chi connectivity index (χ0n) is 11.4. The second-order valence-corrected chi connectivity index (χ2v) is 4.86. The van der Waals surface area contributed by atoms with Gasteiger partial charge in [-0.3, -0.25) is 4.79 Å². The van der Waals surface area contributed by atoms with E-state index in [1.54, 1.807) is 0 Å². The minimum absolute atomic E-state index is 0. The number of carbonyl (C=O) groups excluding carboxylic acids is 3. The second kappa shape index (κ2) is 7.93. The number of amides is 1. The molecule has 121 valence electrons. The van der Waals surface area contributed by atoms with Gasteiger partial charge in [-0.15, -0.1) is 0 Å². The zero-order chi connectivity index (χ0) is 15.4. The van der Waals surface area contributed by atoms with Crippen LogP contribution in [0.2, 0.25) is 0 Å². The van der Waals surface area contributed by atoms with Crippen LogP contribution in [-0.2, 0) is 44.4 Å². The van der Waals surface area contributed by atoms with Gasteiger partial charge < -0.3 is 30.4 Å². The van der Waals surface area contributed by atoms with Crippen LogP contribution >= 0.6 is 0 Å². The van der Waals surface area contributed by atoms with E-state index < -0.39 is 36.4 Å². The maximum absolute atomic E-state index is 12.0. The predicted molar refractivity (Wildman–Crippen MR) is 67.3 cm³/mol. The Balaban J connectivity index is 0.00000242. The van der Waals surface area contributed by atoms with E-state index in [1.807, 2.05) is 24.3 Å². The summed E-state index contributed by atoms with van der Waals surface area (Å²) in [7, 11) is 0. The van der Waals surface area contributed by atoms with E-state index in [2.05, 4.69) is 10.6 Å². The number of carboxylic acid groups (broad SMARTS) is 2. The van der Waals surface area contributed by atoms with E-state index in [0.29, 0.717) is 13.0 Å². The smallest absolute Gasteiger partial charge is 0.550 e. The molecule has 1 aromatic rings. The summed E-state index contributed by atoms with van der Waals surface area (Å²) in [6.07, 6.45) is -0.412. The van der Waals surface area contributed by atoms with Gasteiger partial charge in [-0.05, 0) is 17.5 Å². The Morgan fingerprint density at radius 1 is 1.23 bits per heavy atom. The Hall–Kier alpha value is -1.89. The van der Waals surface area contributed by atoms with Crippen LogP contribution in [0.1, 0.15) is 17.5 Å². The molecule has 0 spiro atoms. The van der Waals surface area contributed by atoms with Crippen LogP contribution in [0.3, 0.4) is 0 Å². The SMILES string of the molecule is O=C([O-])CC(NC(=O)[C@@H]1Cc2ccccc2CN1)C(=O)[O-].[Cu+2]. The first kappa shape index (κ1) is 18.2. The summed E-state index contributed by atoms with van der Waals surface area (Å²) < 4.78 is 0. The number of nitrogens with one attached hydrogen (secondary N) is 2. The van der Waals surface area contributed by atoms with Gasteiger partial charge in [0.05, 0.1) is 18.1 Å². The number of carboxylic acids is 2. The molecule has 1 aliphatic heterocycles. The van der Waals surface area contributed by atoms with Crippen LogP contribution in [0.25, 0.3) is 0 Å². The molecule has 1 aliphatic rings. The van der Waals surface area contributed by atoms with Gasteiger partial charge in [-0.25, -0.2) is 0 Å². The number of rotatable bonds is 5. The Morgan fingerprint density at radius 3 is 2.45 bits per heavy atom. The summed E-state index contributed by atoms with van der Waals surface area (Å²) in [6, 6.07) is 5.39. The van der Waals surface area contributed by atoms with Crippen molar-refractivity contribution in [3.8, 4) is 0 Å². The number of aliphatic carboxylic acids is 2. The van der Waals surface area contributed by atoms with E-state index >= 15 is 0 Å². The van der Waals surface area contributed by atoms with Crippen LogP contribution in [0.5, 0.6) is 0 Å². The van der Waals surface area contributed by atoms with Crippen molar-refractivity contribution in [2.45, 2.75) is 31.5 Å². The molecule has 0 fully saturated rings. The van der Waals surface area contributed by atoms with Gasteiger partial charge in [0.15, 0.2) is 0 Å². The summed E-state index contributed by atoms with van der Waals surface area (Å²) in [5.41, 5.74) is 2.08. The molecule has 2 N–H and O–H groups in total. The molecule has 7 nitrogen and oxygen atoms in total. The zero-order valence-corrected chi connectivity index (χ0v) is 12.4. The van der Waals surface area contributed by atoms with Gasteiger partial charge in [0.25, 0.3) is 0 Å². The van der Waals surface area contributed by atoms with E-state index in [-0.39, 0.29) is 17.1 Å². The molecule has 22 heavy (non-hydrogen) atoms. The van der Waals surface area contributed by atoms with Crippen molar-refractivity contribution in [3.63, 3.8) is 0 Å². The molecular formula is C14H14CuN2O5. The standard InChI is InChI=1S/C14H16N2O5.Cu/c17-12(18)6-11(14(20)21)16-13(19)10-5-8-3-1-2-4-9(8)7-15-10;/h1-4,10-11,15H,5-7H2,(H,16,19)(H,17,18)(H,20,21);/q;+2/p-2/t10-,11?;/m0./s1. The monoisotopic (exact) mass is 353 g/mol. The van der Waals surface area contributed by atoms with Crippen LogP contribution in [-0.4, -0.2) is 29.9 Å². The van der Waals surface area contributed by atoms with E-state index in [0.717, 1.165) is 11.1 Å². The van der Waals surface area contributed by atoms with Crippen molar-refractivity contribution in [1.82, 2.24) is 10.6 Å².